The third-order valence-corrected chi connectivity index (χ3v) is 3.25. The molecule has 0 aromatic heterocycles. The van der Waals surface area contributed by atoms with Gasteiger partial charge in [0.15, 0.2) is 0 Å². The number of aryl methyl sites for hydroxylation is 1. The van der Waals surface area contributed by atoms with Crippen LogP contribution in [0.2, 0.25) is 0 Å². The van der Waals surface area contributed by atoms with Gasteiger partial charge in [0, 0.05) is 12.6 Å². The monoisotopic (exact) mass is 250 g/mol. The predicted molar refractivity (Wildman–Crippen MR) is 77.6 cm³/mol. The van der Waals surface area contributed by atoms with Crippen molar-refractivity contribution in [1.29, 1.82) is 5.26 Å². The van der Waals surface area contributed by atoms with Crippen molar-refractivity contribution in [3.63, 3.8) is 0 Å². The van der Waals surface area contributed by atoms with Gasteiger partial charge in [0.1, 0.15) is 0 Å². The molecule has 96 valence electrons. The molecule has 0 radical (unpaired) electrons. The van der Waals surface area contributed by atoms with Crippen LogP contribution in [0.5, 0.6) is 0 Å². The molecular formula is C17H18N2. The molecule has 0 amide bonds. The van der Waals surface area contributed by atoms with E-state index in [0.29, 0.717) is 11.6 Å². The molecule has 0 spiro atoms. The summed E-state index contributed by atoms with van der Waals surface area (Å²) in [5.74, 6) is 0. The number of nitrogens with one attached hydrogen (secondary N) is 1. The fourth-order valence-corrected chi connectivity index (χ4v) is 1.99. The van der Waals surface area contributed by atoms with Crippen molar-refractivity contribution in [3.05, 3.63) is 70.8 Å². The van der Waals surface area contributed by atoms with Gasteiger partial charge < -0.3 is 5.32 Å². The van der Waals surface area contributed by atoms with Crippen molar-refractivity contribution in [2.24, 2.45) is 0 Å². The first kappa shape index (κ1) is 13.3. The maximum atomic E-state index is 8.87. The predicted octanol–water partition coefficient (Wildman–Crippen LogP) is 3.72. The van der Waals surface area contributed by atoms with Crippen molar-refractivity contribution in [3.8, 4) is 6.07 Å². The van der Waals surface area contributed by atoms with Crippen LogP contribution in [0.3, 0.4) is 0 Å². The Hall–Kier alpha value is -2.11. The average molecular weight is 250 g/mol. The van der Waals surface area contributed by atoms with E-state index in [4.69, 9.17) is 5.26 Å². The van der Waals surface area contributed by atoms with E-state index in [1.807, 2.05) is 24.3 Å². The first-order chi connectivity index (χ1) is 9.19. The summed E-state index contributed by atoms with van der Waals surface area (Å²) in [6.45, 7) is 5.01. The summed E-state index contributed by atoms with van der Waals surface area (Å²) in [5, 5.41) is 12.3. The fourth-order valence-electron chi connectivity index (χ4n) is 1.99. The van der Waals surface area contributed by atoms with Gasteiger partial charge in [-0.25, -0.2) is 0 Å². The topological polar surface area (TPSA) is 35.8 Å². The Labute approximate surface area is 114 Å². The minimum atomic E-state index is 0.298. The average Bonchev–Trinajstić information content (AvgIpc) is 2.46. The van der Waals surface area contributed by atoms with Gasteiger partial charge in [-0.05, 0) is 37.1 Å². The summed E-state index contributed by atoms with van der Waals surface area (Å²) in [5.41, 5.74) is 4.40. The molecule has 2 aromatic rings. The first-order valence-electron chi connectivity index (χ1n) is 6.48. The highest BCUT2D eigenvalue weighted by atomic mass is 14.9. The van der Waals surface area contributed by atoms with E-state index in [0.717, 1.165) is 12.1 Å². The van der Waals surface area contributed by atoms with Crippen LogP contribution in [0.4, 0.5) is 0 Å². The van der Waals surface area contributed by atoms with Crippen LogP contribution in [-0.4, -0.2) is 0 Å². The second kappa shape index (κ2) is 6.17. The number of hydrogen-bond donors (Lipinski definition) is 1. The lowest BCUT2D eigenvalue weighted by atomic mass is 10.1. The van der Waals surface area contributed by atoms with E-state index >= 15 is 0 Å². The van der Waals surface area contributed by atoms with Crippen LogP contribution in [0, 0.1) is 18.3 Å². The molecule has 0 saturated carbocycles. The minimum Gasteiger partial charge on any atom is -0.306 e. The molecule has 0 fully saturated rings. The molecule has 0 bridgehead atoms. The zero-order chi connectivity index (χ0) is 13.7. The van der Waals surface area contributed by atoms with Crippen molar-refractivity contribution < 1.29 is 0 Å². The normalized spacial score (nSPS) is 11.8. The summed E-state index contributed by atoms with van der Waals surface area (Å²) >= 11 is 0. The Bertz CT molecular complexity index is 579. The maximum absolute atomic E-state index is 8.87. The maximum Gasteiger partial charge on any atom is 0.0991 e. The molecule has 0 aliphatic carbocycles. The molecule has 0 aliphatic heterocycles. The number of nitriles is 1. The van der Waals surface area contributed by atoms with Crippen LogP contribution >= 0.6 is 0 Å². The second-order valence-electron chi connectivity index (χ2n) is 4.83. The quantitative estimate of drug-likeness (QED) is 0.897. The zero-order valence-corrected chi connectivity index (χ0v) is 11.4. The van der Waals surface area contributed by atoms with Gasteiger partial charge in [-0.3, -0.25) is 0 Å². The van der Waals surface area contributed by atoms with Crippen molar-refractivity contribution in [2.45, 2.75) is 26.4 Å². The second-order valence-corrected chi connectivity index (χ2v) is 4.83. The lowest BCUT2D eigenvalue weighted by molar-refractivity contribution is 0.574. The smallest absolute Gasteiger partial charge is 0.0991 e. The summed E-state index contributed by atoms with van der Waals surface area (Å²) in [6.07, 6.45) is 0. The molecule has 1 N–H and O–H groups in total. The van der Waals surface area contributed by atoms with Gasteiger partial charge in [-0.15, -0.1) is 0 Å². The minimum absolute atomic E-state index is 0.298. The molecule has 2 aromatic carbocycles. The van der Waals surface area contributed by atoms with Crippen LogP contribution in [-0.2, 0) is 6.54 Å². The molecule has 0 aliphatic rings. The third-order valence-electron chi connectivity index (χ3n) is 3.25. The van der Waals surface area contributed by atoms with Gasteiger partial charge >= 0.3 is 0 Å². The molecule has 2 heteroatoms. The summed E-state index contributed by atoms with van der Waals surface area (Å²) in [6, 6.07) is 18.7. The van der Waals surface area contributed by atoms with Crippen LogP contribution < -0.4 is 5.32 Å². The molecule has 1 atom stereocenters. The lowest BCUT2D eigenvalue weighted by Crippen LogP contribution is -2.18. The van der Waals surface area contributed by atoms with E-state index in [1.165, 1.54) is 11.1 Å². The zero-order valence-electron chi connectivity index (χ0n) is 11.4. The van der Waals surface area contributed by atoms with E-state index < -0.39 is 0 Å². The van der Waals surface area contributed by atoms with E-state index in [9.17, 15) is 0 Å². The summed E-state index contributed by atoms with van der Waals surface area (Å²) in [7, 11) is 0. The number of hydrogen-bond acceptors (Lipinski definition) is 2. The molecule has 2 nitrogen and oxygen atoms in total. The highest BCUT2D eigenvalue weighted by Gasteiger charge is 2.04. The van der Waals surface area contributed by atoms with E-state index in [1.54, 1.807) is 0 Å². The van der Waals surface area contributed by atoms with E-state index in [2.05, 4.69) is 49.5 Å². The molecule has 0 unspecified atom stereocenters. The van der Waals surface area contributed by atoms with Gasteiger partial charge in [-0.1, -0.05) is 42.0 Å². The van der Waals surface area contributed by atoms with E-state index in [-0.39, 0.29) is 0 Å². The molecule has 0 heterocycles. The summed E-state index contributed by atoms with van der Waals surface area (Å²) < 4.78 is 0. The van der Waals surface area contributed by atoms with Crippen molar-refractivity contribution in [2.75, 3.05) is 0 Å². The van der Waals surface area contributed by atoms with Gasteiger partial charge in [-0.2, -0.15) is 5.26 Å². The van der Waals surface area contributed by atoms with Crippen molar-refractivity contribution >= 4 is 0 Å². The van der Waals surface area contributed by atoms with Crippen LogP contribution in [0.15, 0.2) is 48.5 Å². The Morgan fingerprint density at radius 2 is 1.89 bits per heavy atom. The fraction of sp³-hybridized carbons (Fsp3) is 0.235. The summed E-state index contributed by atoms with van der Waals surface area (Å²) in [4.78, 5) is 0. The molecular weight excluding hydrogens is 232 g/mol. The third kappa shape index (κ3) is 3.67. The van der Waals surface area contributed by atoms with Crippen LogP contribution in [0.25, 0.3) is 0 Å². The van der Waals surface area contributed by atoms with Crippen LogP contribution in [0.1, 0.15) is 35.2 Å². The first-order valence-corrected chi connectivity index (χ1v) is 6.48. The largest absolute Gasteiger partial charge is 0.306 e. The Morgan fingerprint density at radius 3 is 2.58 bits per heavy atom. The number of nitrogens with zero attached hydrogens (tertiary/aromatic N) is 1. The van der Waals surface area contributed by atoms with Gasteiger partial charge in [0.2, 0.25) is 0 Å². The Morgan fingerprint density at radius 1 is 1.16 bits per heavy atom. The SMILES string of the molecule is Cc1ccc([C@H](C)NCc2cccc(C#N)c2)cc1. The Kier molecular flexibility index (Phi) is 4.33. The van der Waals surface area contributed by atoms with Gasteiger partial charge in [0.25, 0.3) is 0 Å². The standard InChI is InChI=1S/C17H18N2/c1-13-6-8-17(9-7-13)14(2)19-12-16-5-3-4-15(10-16)11-18/h3-10,14,19H,12H2,1-2H3/t14-/m0/s1. The molecule has 2 rings (SSSR count). The molecule has 19 heavy (non-hydrogen) atoms. The Balaban J connectivity index is 1.98. The lowest BCUT2D eigenvalue weighted by Gasteiger charge is -2.14. The molecule has 0 saturated heterocycles. The highest BCUT2D eigenvalue weighted by Crippen LogP contribution is 2.14. The number of rotatable bonds is 4. The van der Waals surface area contributed by atoms with Crippen molar-refractivity contribution in [1.82, 2.24) is 5.32 Å². The van der Waals surface area contributed by atoms with Gasteiger partial charge in [0.05, 0.1) is 11.6 Å². The highest BCUT2D eigenvalue weighted by molar-refractivity contribution is 5.32. The number of benzene rings is 2.